The molecule has 128 valence electrons. The minimum atomic E-state index is -0.132. The lowest BCUT2D eigenvalue weighted by molar-refractivity contribution is -0.120. The molecule has 2 N–H and O–H groups in total. The second-order valence-electron chi connectivity index (χ2n) is 5.55. The van der Waals surface area contributed by atoms with Crippen LogP contribution in [0.2, 0.25) is 0 Å². The number of carbonyl (C=O) groups excluding carboxylic acids is 2. The molecule has 0 atom stereocenters. The molecule has 1 aliphatic rings. The standard InChI is InChI=1S/C16H19N5O2.ClH/c1-19-10-14(9-18-19)21-7-6-20(11-15(21)22)16(23)13-4-2-12(8-17)3-5-13;/h2-5,9-10H,6-8,11,17H2,1H3;1H. The average molecular weight is 350 g/mol. The lowest BCUT2D eigenvalue weighted by Gasteiger charge is -2.33. The summed E-state index contributed by atoms with van der Waals surface area (Å²) >= 11 is 0. The Labute approximate surface area is 146 Å². The number of nitrogens with zero attached hydrogens (tertiary/aromatic N) is 4. The van der Waals surface area contributed by atoms with Crippen molar-refractivity contribution in [2.45, 2.75) is 6.54 Å². The lowest BCUT2D eigenvalue weighted by atomic mass is 10.1. The van der Waals surface area contributed by atoms with Gasteiger partial charge in [0.15, 0.2) is 0 Å². The molecular formula is C16H20ClN5O2. The van der Waals surface area contributed by atoms with Gasteiger partial charge in [-0.15, -0.1) is 12.4 Å². The number of piperazine rings is 1. The molecule has 0 unspecified atom stereocenters. The summed E-state index contributed by atoms with van der Waals surface area (Å²) in [5.41, 5.74) is 7.86. The maximum absolute atomic E-state index is 12.5. The van der Waals surface area contributed by atoms with Gasteiger partial charge in [0.2, 0.25) is 5.91 Å². The zero-order valence-electron chi connectivity index (χ0n) is 13.4. The third-order valence-corrected chi connectivity index (χ3v) is 3.95. The minimum Gasteiger partial charge on any atom is -0.328 e. The third kappa shape index (κ3) is 3.58. The van der Waals surface area contributed by atoms with E-state index in [0.717, 1.165) is 11.3 Å². The van der Waals surface area contributed by atoms with Crippen molar-refractivity contribution in [2.24, 2.45) is 12.8 Å². The fourth-order valence-electron chi connectivity index (χ4n) is 2.63. The first-order chi connectivity index (χ1) is 11.1. The van der Waals surface area contributed by atoms with Crippen molar-refractivity contribution in [2.75, 3.05) is 24.5 Å². The van der Waals surface area contributed by atoms with Crippen molar-refractivity contribution >= 4 is 29.9 Å². The van der Waals surface area contributed by atoms with E-state index in [1.165, 1.54) is 0 Å². The van der Waals surface area contributed by atoms with Crippen LogP contribution in [0, 0.1) is 0 Å². The predicted molar refractivity (Wildman–Crippen MR) is 93.0 cm³/mol. The van der Waals surface area contributed by atoms with Crippen molar-refractivity contribution in [3.8, 4) is 0 Å². The number of hydrogen-bond acceptors (Lipinski definition) is 4. The second-order valence-corrected chi connectivity index (χ2v) is 5.55. The third-order valence-electron chi connectivity index (χ3n) is 3.95. The molecule has 0 saturated carbocycles. The first-order valence-corrected chi connectivity index (χ1v) is 7.46. The van der Waals surface area contributed by atoms with E-state index >= 15 is 0 Å². The number of aryl methyl sites for hydroxylation is 1. The normalized spacial score (nSPS) is 14.5. The highest BCUT2D eigenvalue weighted by Gasteiger charge is 2.29. The van der Waals surface area contributed by atoms with Crippen LogP contribution in [0.5, 0.6) is 0 Å². The van der Waals surface area contributed by atoms with E-state index < -0.39 is 0 Å². The van der Waals surface area contributed by atoms with Gasteiger partial charge in [0, 0.05) is 38.4 Å². The highest BCUT2D eigenvalue weighted by atomic mass is 35.5. The van der Waals surface area contributed by atoms with Crippen LogP contribution in [-0.4, -0.2) is 46.1 Å². The summed E-state index contributed by atoms with van der Waals surface area (Å²) < 4.78 is 1.65. The Kier molecular flexibility index (Phi) is 5.58. The maximum Gasteiger partial charge on any atom is 0.254 e. The highest BCUT2D eigenvalue weighted by molar-refractivity contribution is 6.01. The monoisotopic (exact) mass is 349 g/mol. The number of carbonyl (C=O) groups is 2. The van der Waals surface area contributed by atoms with Gasteiger partial charge in [-0.25, -0.2) is 0 Å². The molecule has 0 aliphatic carbocycles. The number of amides is 2. The fraction of sp³-hybridized carbons (Fsp3) is 0.312. The Morgan fingerprint density at radius 3 is 2.50 bits per heavy atom. The molecule has 0 spiro atoms. The number of benzene rings is 1. The number of halogens is 1. The number of rotatable bonds is 3. The van der Waals surface area contributed by atoms with E-state index in [4.69, 9.17) is 5.73 Å². The average Bonchev–Trinajstić information content (AvgIpc) is 3.00. The molecule has 7 nitrogen and oxygen atoms in total. The lowest BCUT2D eigenvalue weighted by Crippen LogP contribution is -2.52. The highest BCUT2D eigenvalue weighted by Crippen LogP contribution is 2.17. The van der Waals surface area contributed by atoms with Crippen molar-refractivity contribution in [1.29, 1.82) is 0 Å². The SMILES string of the molecule is Cl.Cn1cc(N2CCN(C(=O)c3ccc(CN)cc3)CC2=O)cn1. The Morgan fingerprint density at radius 2 is 1.96 bits per heavy atom. The molecule has 2 amide bonds. The molecule has 1 aromatic carbocycles. The van der Waals surface area contributed by atoms with Gasteiger partial charge in [0.25, 0.3) is 5.91 Å². The Bertz CT molecular complexity index is 728. The van der Waals surface area contributed by atoms with Gasteiger partial charge < -0.3 is 15.5 Å². The van der Waals surface area contributed by atoms with Crippen LogP contribution in [0.25, 0.3) is 0 Å². The topological polar surface area (TPSA) is 84.5 Å². The van der Waals surface area contributed by atoms with Crippen LogP contribution in [0.3, 0.4) is 0 Å². The zero-order chi connectivity index (χ0) is 16.4. The Balaban J connectivity index is 0.00000208. The molecule has 8 heteroatoms. The summed E-state index contributed by atoms with van der Waals surface area (Å²) in [5, 5.41) is 4.08. The van der Waals surface area contributed by atoms with Crippen molar-refractivity contribution < 1.29 is 9.59 Å². The maximum atomic E-state index is 12.5. The molecule has 0 radical (unpaired) electrons. The van der Waals surface area contributed by atoms with E-state index in [9.17, 15) is 9.59 Å². The van der Waals surface area contributed by atoms with Crippen LogP contribution in [0.1, 0.15) is 15.9 Å². The van der Waals surface area contributed by atoms with Crippen LogP contribution in [0.4, 0.5) is 5.69 Å². The molecule has 3 rings (SSSR count). The molecule has 1 fully saturated rings. The molecule has 1 saturated heterocycles. The second kappa shape index (κ2) is 7.46. The van der Waals surface area contributed by atoms with Crippen LogP contribution < -0.4 is 10.6 Å². The fourth-order valence-corrected chi connectivity index (χ4v) is 2.63. The first-order valence-electron chi connectivity index (χ1n) is 7.46. The number of aromatic nitrogens is 2. The number of nitrogens with two attached hydrogens (primary N) is 1. The predicted octanol–water partition coefficient (Wildman–Crippen LogP) is 0.790. The summed E-state index contributed by atoms with van der Waals surface area (Å²) in [5.74, 6) is -0.232. The van der Waals surface area contributed by atoms with Gasteiger partial charge in [0.05, 0.1) is 11.9 Å². The van der Waals surface area contributed by atoms with Crippen molar-refractivity contribution in [3.63, 3.8) is 0 Å². The molecule has 1 aromatic heterocycles. The smallest absolute Gasteiger partial charge is 0.254 e. The van der Waals surface area contributed by atoms with Gasteiger partial charge in [-0.3, -0.25) is 14.3 Å². The van der Waals surface area contributed by atoms with Crippen LogP contribution >= 0.6 is 12.4 Å². The first kappa shape index (κ1) is 18.0. The number of hydrogen-bond donors (Lipinski definition) is 1. The molecule has 0 bridgehead atoms. The summed E-state index contributed by atoms with van der Waals surface area (Å²) in [7, 11) is 1.80. The summed E-state index contributed by atoms with van der Waals surface area (Å²) in [6.45, 7) is 1.48. The van der Waals surface area contributed by atoms with Gasteiger partial charge >= 0.3 is 0 Å². The zero-order valence-corrected chi connectivity index (χ0v) is 14.2. The van der Waals surface area contributed by atoms with Crippen LogP contribution in [-0.2, 0) is 18.4 Å². The van der Waals surface area contributed by atoms with Crippen molar-refractivity contribution in [1.82, 2.24) is 14.7 Å². The Morgan fingerprint density at radius 1 is 1.25 bits per heavy atom. The quantitative estimate of drug-likeness (QED) is 0.887. The van der Waals surface area contributed by atoms with E-state index in [1.54, 1.807) is 46.1 Å². The van der Waals surface area contributed by atoms with Gasteiger partial charge in [-0.05, 0) is 17.7 Å². The molecule has 1 aliphatic heterocycles. The summed E-state index contributed by atoms with van der Waals surface area (Å²) in [6.07, 6.45) is 3.45. The summed E-state index contributed by atoms with van der Waals surface area (Å²) in [6, 6.07) is 7.17. The van der Waals surface area contributed by atoms with Gasteiger partial charge in [-0.2, -0.15) is 5.10 Å². The number of anilines is 1. The molecule has 2 aromatic rings. The molecular weight excluding hydrogens is 330 g/mol. The van der Waals surface area contributed by atoms with E-state index in [0.29, 0.717) is 25.2 Å². The van der Waals surface area contributed by atoms with E-state index in [2.05, 4.69) is 5.10 Å². The van der Waals surface area contributed by atoms with Gasteiger partial charge in [-0.1, -0.05) is 12.1 Å². The largest absolute Gasteiger partial charge is 0.328 e. The summed E-state index contributed by atoms with van der Waals surface area (Å²) in [4.78, 5) is 28.1. The minimum absolute atomic E-state index is 0. The molecule has 2 heterocycles. The van der Waals surface area contributed by atoms with Crippen molar-refractivity contribution in [3.05, 3.63) is 47.8 Å². The Hall–Kier alpha value is -2.38. The van der Waals surface area contributed by atoms with Crippen LogP contribution in [0.15, 0.2) is 36.7 Å². The van der Waals surface area contributed by atoms with E-state index in [-0.39, 0.29) is 30.8 Å². The van der Waals surface area contributed by atoms with E-state index in [1.807, 2.05) is 12.1 Å². The van der Waals surface area contributed by atoms with Gasteiger partial charge in [0.1, 0.15) is 6.54 Å². The molecule has 24 heavy (non-hydrogen) atoms.